The van der Waals surface area contributed by atoms with Gasteiger partial charge in [0.25, 0.3) is 11.8 Å². The van der Waals surface area contributed by atoms with E-state index in [9.17, 15) is 13.6 Å². The summed E-state index contributed by atoms with van der Waals surface area (Å²) in [5.74, 6) is -2.87. The maximum atomic E-state index is 13.7. The number of nitrogens with zero attached hydrogens (tertiary/aromatic N) is 5. The fraction of sp³-hybridized carbons (Fsp3) is 0.800. The van der Waals surface area contributed by atoms with Crippen molar-refractivity contribution in [1.29, 1.82) is 0 Å². The monoisotopic (exact) mass is 343 g/mol. The average Bonchev–Trinajstić information content (AvgIpc) is 3.12. The minimum atomic E-state index is -2.68. The van der Waals surface area contributed by atoms with Crippen LogP contribution in [0.2, 0.25) is 0 Å². The largest absolute Gasteiger partial charge is 0.378 e. The summed E-state index contributed by atoms with van der Waals surface area (Å²) in [6.45, 7) is 5.97. The molecule has 0 saturated carbocycles. The first-order chi connectivity index (χ1) is 11.4. The van der Waals surface area contributed by atoms with Crippen LogP contribution in [0, 0.1) is 0 Å². The van der Waals surface area contributed by atoms with Crippen molar-refractivity contribution < 1.29 is 18.3 Å². The molecule has 1 amide bonds. The van der Waals surface area contributed by atoms with Gasteiger partial charge in [0.05, 0.1) is 32.5 Å². The molecule has 2 fully saturated rings. The lowest BCUT2D eigenvalue weighted by atomic mass is 10.2. The Balaban J connectivity index is 1.66. The predicted molar refractivity (Wildman–Crippen MR) is 81.9 cm³/mol. The van der Waals surface area contributed by atoms with Crippen LogP contribution in [0.3, 0.4) is 0 Å². The summed E-state index contributed by atoms with van der Waals surface area (Å²) in [5.41, 5.74) is 0.248. The van der Waals surface area contributed by atoms with Gasteiger partial charge in [0.15, 0.2) is 5.69 Å². The molecule has 0 aliphatic carbocycles. The van der Waals surface area contributed by atoms with Crippen LogP contribution >= 0.6 is 0 Å². The van der Waals surface area contributed by atoms with Crippen LogP contribution in [0.1, 0.15) is 30.8 Å². The summed E-state index contributed by atoms with van der Waals surface area (Å²) in [6.07, 6.45) is 1.35. The van der Waals surface area contributed by atoms with Gasteiger partial charge in [0, 0.05) is 31.6 Å². The summed E-state index contributed by atoms with van der Waals surface area (Å²) in [6, 6.07) is -0.283. The maximum Gasteiger partial charge on any atom is 0.276 e. The zero-order valence-electron chi connectivity index (χ0n) is 14.0. The number of hydrogen-bond donors (Lipinski definition) is 0. The van der Waals surface area contributed by atoms with Crippen molar-refractivity contribution >= 4 is 5.91 Å². The Kier molecular flexibility index (Phi) is 4.82. The number of aromatic nitrogens is 3. The zero-order valence-corrected chi connectivity index (χ0v) is 14.0. The number of ether oxygens (including phenoxy) is 1. The van der Waals surface area contributed by atoms with E-state index in [-0.39, 0.29) is 36.7 Å². The highest BCUT2D eigenvalue weighted by molar-refractivity contribution is 5.91. The van der Waals surface area contributed by atoms with E-state index in [1.807, 2.05) is 13.8 Å². The van der Waals surface area contributed by atoms with Gasteiger partial charge in [-0.3, -0.25) is 14.4 Å². The highest BCUT2D eigenvalue weighted by Crippen LogP contribution is 2.33. The lowest BCUT2D eigenvalue weighted by molar-refractivity contribution is 0.00916. The van der Waals surface area contributed by atoms with Crippen molar-refractivity contribution in [2.45, 2.75) is 44.8 Å². The number of hydrogen-bond acceptors (Lipinski definition) is 5. The van der Waals surface area contributed by atoms with Crippen LogP contribution in [-0.2, 0) is 11.3 Å². The fourth-order valence-electron chi connectivity index (χ4n) is 3.33. The Morgan fingerprint density at radius 3 is 2.79 bits per heavy atom. The van der Waals surface area contributed by atoms with E-state index in [2.05, 4.69) is 10.3 Å². The van der Waals surface area contributed by atoms with Crippen molar-refractivity contribution in [3.8, 4) is 0 Å². The van der Waals surface area contributed by atoms with E-state index in [1.54, 1.807) is 16.0 Å². The molecule has 3 heterocycles. The number of alkyl halides is 2. The summed E-state index contributed by atoms with van der Waals surface area (Å²) >= 11 is 0. The number of rotatable bonds is 4. The Labute approximate surface area is 139 Å². The zero-order chi connectivity index (χ0) is 17.3. The molecule has 0 bridgehead atoms. The highest BCUT2D eigenvalue weighted by atomic mass is 19.3. The first-order valence-corrected chi connectivity index (χ1v) is 8.26. The number of likely N-dealkylation sites (tertiary alicyclic amines) is 1. The molecule has 3 rings (SSSR count). The van der Waals surface area contributed by atoms with Gasteiger partial charge in [-0.15, -0.1) is 5.10 Å². The normalized spacial score (nSPS) is 24.7. The molecule has 0 radical (unpaired) electrons. The third-order valence-electron chi connectivity index (χ3n) is 4.53. The predicted octanol–water partition coefficient (Wildman–Crippen LogP) is 0.869. The first kappa shape index (κ1) is 17.2. The SMILES string of the molecule is CC(C)N1CC(F)(F)C[C@H]1Cn1cc(C(=O)N2CCOCC2)nn1. The van der Waals surface area contributed by atoms with E-state index >= 15 is 0 Å². The van der Waals surface area contributed by atoms with Gasteiger partial charge in [-0.2, -0.15) is 0 Å². The van der Waals surface area contributed by atoms with E-state index in [0.29, 0.717) is 32.8 Å². The molecule has 1 aromatic rings. The van der Waals surface area contributed by atoms with Gasteiger partial charge < -0.3 is 9.64 Å². The summed E-state index contributed by atoms with van der Waals surface area (Å²) in [5, 5.41) is 7.87. The molecular formula is C15H23F2N5O2. The third-order valence-corrected chi connectivity index (χ3v) is 4.53. The highest BCUT2D eigenvalue weighted by Gasteiger charge is 2.45. The molecule has 1 atom stereocenters. The molecular weight excluding hydrogens is 320 g/mol. The Morgan fingerprint density at radius 2 is 2.12 bits per heavy atom. The van der Waals surface area contributed by atoms with E-state index in [1.165, 1.54) is 4.68 Å². The van der Waals surface area contributed by atoms with Crippen molar-refractivity contribution in [1.82, 2.24) is 24.8 Å². The van der Waals surface area contributed by atoms with Crippen LogP contribution in [-0.4, -0.2) is 81.6 Å². The molecule has 0 unspecified atom stereocenters. The van der Waals surface area contributed by atoms with Crippen LogP contribution in [0.25, 0.3) is 0 Å². The first-order valence-electron chi connectivity index (χ1n) is 8.26. The molecule has 2 aliphatic rings. The second kappa shape index (κ2) is 6.72. The fourth-order valence-corrected chi connectivity index (χ4v) is 3.33. The minimum absolute atomic E-state index is 0.0290. The number of carbonyl (C=O) groups excluding carboxylic acids is 1. The number of halogens is 2. The van der Waals surface area contributed by atoms with Gasteiger partial charge in [-0.25, -0.2) is 8.78 Å². The van der Waals surface area contributed by atoms with Crippen LogP contribution in [0.5, 0.6) is 0 Å². The molecule has 0 N–H and O–H groups in total. The van der Waals surface area contributed by atoms with Crippen LogP contribution in [0.4, 0.5) is 8.78 Å². The number of amides is 1. The van der Waals surface area contributed by atoms with E-state index < -0.39 is 5.92 Å². The second-order valence-electron chi connectivity index (χ2n) is 6.71. The number of carbonyl (C=O) groups is 1. The Bertz CT molecular complexity index is 586. The van der Waals surface area contributed by atoms with Gasteiger partial charge in [0.1, 0.15) is 0 Å². The van der Waals surface area contributed by atoms with Gasteiger partial charge >= 0.3 is 0 Å². The summed E-state index contributed by atoms with van der Waals surface area (Å²) < 4.78 is 34.2. The maximum absolute atomic E-state index is 13.7. The standard InChI is InChI=1S/C15H23F2N5O2/c1-11(2)22-10-15(16,17)7-12(22)8-21-9-13(18-19-21)14(23)20-3-5-24-6-4-20/h9,11-12H,3-8,10H2,1-2H3/t12-/m0/s1. The van der Waals surface area contributed by atoms with E-state index in [4.69, 9.17) is 4.74 Å². The lowest BCUT2D eigenvalue weighted by Crippen LogP contribution is -2.40. The second-order valence-corrected chi connectivity index (χ2v) is 6.71. The molecule has 1 aromatic heterocycles. The smallest absolute Gasteiger partial charge is 0.276 e. The van der Waals surface area contributed by atoms with Crippen molar-refractivity contribution in [2.75, 3.05) is 32.8 Å². The van der Waals surface area contributed by atoms with Gasteiger partial charge in [0.2, 0.25) is 0 Å². The van der Waals surface area contributed by atoms with Crippen molar-refractivity contribution in [2.24, 2.45) is 0 Å². The Morgan fingerprint density at radius 1 is 1.42 bits per heavy atom. The van der Waals surface area contributed by atoms with Gasteiger partial charge in [-0.05, 0) is 13.8 Å². The molecule has 24 heavy (non-hydrogen) atoms. The quantitative estimate of drug-likeness (QED) is 0.812. The topological polar surface area (TPSA) is 63.5 Å². The van der Waals surface area contributed by atoms with Crippen LogP contribution < -0.4 is 0 Å². The molecule has 7 nitrogen and oxygen atoms in total. The molecule has 0 spiro atoms. The number of morpholine rings is 1. The van der Waals surface area contributed by atoms with Crippen molar-refractivity contribution in [3.05, 3.63) is 11.9 Å². The Hall–Kier alpha value is -1.61. The third kappa shape index (κ3) is 3.72. The van der Waals surface area contributed by atoms with Crippen LogP contribution in [0.15, 0.2) is 6.20 Å². The lowest BCUT2D eigenvalue weighted by Gasteiger charge is -2.27. The molecule has 134 valence electrons. The van der Waals surface area contributed by atoms with Gasteiger partial charge in [-0.1, -0.05) is 5.21 Å². The molecule has 2 saturated heterocycles. The molecule has 9 heteroatoms. The molecule has 2 aliphatic heterocycles. The van der Waals surface area contributed by atoms with E-state index in [0.717, 1.165) is 0 Å². The summed E-state index contributed by atoms with van der Waals surface area (Å²) in [7, 11) is 0. The minimum Gasteiger partial charge on any atom is -0.378 e. The summed E-state index contributed by atoms with van der Waals surface area (Å²) in [4.78, 5) is 15.8. The average molecular weight is 343 g/mol. The van der Waals surface area contributed by atoms with Crippen molar-refractivity contribution in [3.63, 3.8) is 0 Å². The molecule has 0 aromatic carbocycles.